The molecule has 0 aliphatic carbocycles. The van der Waals surface area contributed by atoms with Crippen LogP contribution in [0.1, 0.15) is 11.1 Å². The molecule has 66 heavy (non-hydrogen) atoms. The van der Waals surface area contributed by atoms with Crippen LogP contribution >= 0.6 is 0 Å². The lowest BCUT2D eigenvalue weighted by molar-refractivity contribution is 0.282. The van der Waals surface area contributed by atoms with Gasteiger partial charge in [-0.3, -0.25) is 0 Å². The number of ether oxygens (including phenoxy) is 12. The maximum absolute atomic E-state index is 6.53. The Hall–Kier alpha value is -7.86. The highest BCUT2D eigenvalue weighted by atomic mass is 16.5. The van der Waals surface area contributed by atoms with Crippen molar-refractivity contribution in [1.82, 2.24) is 0 Å². The van der Waals surface area contributed by atoms with E-state index < -0.39 is 0 Å². The lowest BCUT2D eigenvalue weighted by Gasteiger charge is -2.19. The first-order valence-corrected chi connectivity index (χ1v) is 21.1. The summed E-state index contributed by atoms with van der Waals surface area (Å²) >= 11 is 0. The molecule has 338 valence electrons. The van der Waals surface area contributed by atoms with E-state index in [9.17, 15) is 0 Å². The Morgan fingerprint density at radius 2 is 0.348 bits per heavy atom. The Morgan fingerprint density at radius 3 is 0.500 bits per heavy atom. The zero-order valence-electron chi connectivity index (χ0n) is 38.6. The molecule has 0 spiro atoms. The van der Waals surface area contributed by atoms with Crippen LogP contribution in [0.25, 0.3) is 64.6 Å². The summed E-state index contributed by atoms with van der Waals surface area (Å²) in [7, 11) is 16.3. The summed E-state index contributed by atoms with van der Waals surface area (Å²) in [5, 5.41) is 11.4. The van der Waals surface area contributed by atoms with Gasteiger partial charge in [0.25, 0.3) is 0 Å². The van der Waals surface area contributed by atoms with E-state index in [1.165, 1.54) is 0 Å². The third-order valence-electron chi connectivity index (χ3n) is 12.3. The van der Waals surface area contributed by atoms with Crippen molar-refractivity contribution < 1.29 is 56.8 Å². The molecule has 0 aliphatic heterocycles. The van der Waals surface area contributed by atoms with E-state index in [0.29, 0.717) is 82.2 Å². The number of methoxy groups -OCH3 is 10. The number of benzene rings is 9. The van der Waals surface area contributed by atoms with Gasteiger partial charge in [-0.05, 0) is 149 Å². The van der Waals surface area contributed by atoms with E-state index >= 15 is 0 Å². The van der Waals surface area contributed by atoms with Crippen molar-refractivity contribution >= 4 is 64.6 Å². The van der Waals surface area contributed by atoms with E-state index in [4.69, 9.17) is 56.8 Å². The zero-order valence-corrected chi connectivity index (χ0v) is 38.6. The molecule has 0 unspecified atom stereocenters. The van der Waals surface area contributed by atoms with Gasteiger partial charge in [0.1, 0.15) is 13.2 Å². The predicted molar refractivity (Wildman–Crippen MR) is 259 cm³/mol. The summed E-state index contributed by atoms with van der Waals surface area (Å²) in [4.78, 5) is 0. The van der Waals surface area contributed by atoms with Crippen LogP contribution in [0.5, 0.6) is 69.0 Å². The first kappa shape index (κ1) is 43.4. The number of hydrogen-bond donors (Lipinski definition) is 0. The molecule has 0 saturated heterocycles. The topological polar surface area (TPSA) is 111 Å². The van der Waals surface area contributed by atoms with Gasteiger partial charge in [-0.2, -0.15) is 0 Å². The Kier molecular flexibility index (Phi) is 11.8. The zero-order chi connectivity index (χ0) is 46.2. The highest BCUT2D eigenvalue weighted by Crippen LogP contribution is 2.49. The van der Waals surface area contributed by atoms with Crippen molar-refractivity contribution in [3.8, 4) is 69.0 Å². The van der Waals surface area contributed by atoms with E-state index in [-0.39, 0.29) is 0 Å². The van der Waals surface area contributed by atoms with Crippen molar-refractivity contribution in [2.24, 2.45) is 0 Å². The molecule has 12 nitrogen and oxygen atoms in total. The van der Waals surface area contributed by atoms with Gasteiger partial charge in [-0.1, -0.05) is 24.3 Å². The van der Waals surface area contributed by atoms with E-state index in [1.54, 1.807) is 71.1 Å². The second kappa shape index (κ2) is 18.0. The van der Waals surface area contributed by atoms with Crippen LogP contribution in [0.15, 0.2) is 97.1 Å². The molecule has 0 atom stereocenters. The summed E-state index contributed by atoms with van der Waals surface area (Å²) in [5.41, 5.74) is 1.93. The molecular weight excluding hydrogens is 841 g/mol. The van der Waals surface area contributed by atoms with Crippen molar-refractivity contribution in [3.63, 3.8) is 0 Å². The second-order valence-corrected chi connectivity index (χ2v) is 15.5. The largest absolute Gasteiger partial charge is 0.493 e. The van der Waals surface area contributed by atoms with Gasteiger partial charge < -0.3 is 56.8 Å². The van der Waals surface area contributed by atoms with Crippen LogP contribution in [0.2, 0.25) is 0 Å². The summed E-state index contributed by atoms with van der Waals surface area (Å²) < 4.78 is 70.7. The molecule has 0 radical (unpaired) electrons. The highest BCUT2D eigenvalue weighted by Gasteiger charge is 2.21. The van der Waals surface area contributed by atoms with Crippen molar-refractivity contribution in [2.45, 2.75) is 13.2 Å². The molecular formula is C54H50O12. The van der Waals surface area contributed by atoms with Gasteiger partial charge in [0.05, 0.1) is 71.1 Å². The monoisotopic (exact) mass is 890 g/mol. The quantitative estimate of drug-likeness (QED) is 0.0861. The molecule has 0 saturated carbocycles. The maximum Gasteiger partial charge on any atom is 0.162 e. The minimum Gasteiger partial charge on any atom is -0.493 e. The van der Waals surface area contributed by atoms with Gasteiger partial charge in [0.15, 0.2) is 69.0 Å². The highest BCUT2D eigenvalue weighted by molar-refractivity contribution is 6.28. The van der Waals surface area contributed by atoms with Crippen LogP contribution in [-0.2, 0) is 13.2 Å². The minimum atomic E-state index is 0.293. The fourth-order valence-electron chi connectivity index (χ4n) is 8.91. The Bertz CT molecular complexity index is 3020. The average Bonchev–Trinajstić information content (AvgIpc) is 3.37. The normalized spacial score (nSPS) is 11.3. The van der Waals surface area contributed by atoms with Gasteiger partial charge in [-0.25, -0.2) is 0 Å². The van der Waals surface area contributed by atoms with Crippen molar-refractivity contribution in [1.29, 1.82) is 0 Å². The molecule has 0 N–H and O–H groups in total. The molecule has 0 aromatic heterocycles. The van der Waals surface area contributed by atoms with Crippen LogP contribution in [0.3, 0.4) is 0 Å². The third kappa shape index (κ3) is 7.37. The molecule has 12 heteroatoms. The fraction of sp³-hybridized carbons (Fsp3) is 0.222. The molecule has 9 aromatic rings. The number of hydrogen-bond acceptors (Lipinski definition) is 12. The number of fused-ring (bicyclic) bond motifs is 12. The smallest absolute Gasteiger partial charge is 0.162 e. The van der Waals surface area contributed by atoms with Gasteiger partial charge in [-0.15, -0.1) is 0 Å². The summed E-state index contributed by atoms with van der Waals surface area (Å²) in [6.45, 7) is 0.586. The Labute approximate surface area is 381 Å². The van der Waals surface area contributed by atoms with Crippen LogP contribution in [0, 0.1) is 0 Å². The van der Waals surface area contributed by atoms with E-state index in [1.807, 2.05) is 97.1 Å². The molecule has 0 heterocycles. The predicted octanol–water partition coefficient (Wildman–Crippen LogP) is 11.8. The van der Waals surface area contributed by atoms with Gasteiger partial charge >= 0.3 is 0 Å². The molecule has 9 rings (SSSR count). The Morgan fingerprint density at radius 1 is 0.212 bits per heavy atom. The van der Waals surface area contributed by atoms with Crippen molar-refractivity contribution in [3.05, 3.63) is 108 Å². The van der Waals surface area contributed by atoms with E-state index in [2.05, 4.69) is 0 Å². The molecule has 0 fully saturated rings. The number of rotatable bonds is 16. The fourth-order valence-corrected chi connectivity index (χ4v) is 8.91. The van der Waals surface area contributed by atoms with Gasteiger partial charge in [0.2, 0.25) is 0 Å². The lowest BCUT2D eigenvalue weighted by atomic mass is 9.93. The minimum absolute atomic E-state index is 0.293. The van der Waals surface area contributed by atoms with Crippen molar-refractivity contribution in [2.75, 3.05) is 71.1 Å². The third-order valence-corrected chi connectivity index (χ3v) is 12.3. The standard InChI is InChI=1S/C54H50O12/c1-55-43-15-31-33-17-45(57-3)49(61-7)21-37(33)41-25-53(51(63-9)23-39(41)35(31)19-47(43)59-5)65-27-29-11-13-30(14-12-29)28-66-54-26-42-38-22-50(62-8)46(58-4)18-34(38)32-16-44(56-2)48(60-6)20-36(32)40(42)24-52(54)64-10/h11-26H,27-28H2,1-10H3. The molecule has 0 amide bonds. The lowest BCUT2D eigenvalue weighted by Crippen LogP contribution is -2.01. The first-order valence-electron chi connectivity index (χ1n) is 21.1. The second-order valence-electron chi connectivity index (χ2n) is 15.5. The first-order chi connectivity index (χ1) is 32.2. The molecule has 0 bridgehead atoms. The average molecular weight is 891 g/mol. The Balaban J connectivity index is 1.03. The summed E-state index contributed by atoms with van der Waals surface area (Å²) in [5.74, 6) is 7.27. The molecule has 9 aromatic carbocycles. The van der Waals surface area contributed by atoms with Gasteiger partial charge in [0, 0.05) is 0 Å². The molecule has 0 aliphatic rings. The summed E-state index contributed by atoms with van der Waals surface area (Å²) in [6, 6.07) is 32.1. The SMILES string of the molecule is COc1cc2c3cc(OC)c(OC)cc3c3cc(OCc4ccc(COc5cc6c7cc(OC)c(OC)cc7c7cc(OC)c(OC)cc7c6cc5OC)cc4)c(OC)cc3c2cc1OC. The maximum atomic E-state index is 6.53. The van der Waals surface area contributed by atoms with E-state index in [0.717, 1.165) is 75.8 Å². The van der Waals surface area contributed by atoms with Crippen LogP contribution in [0.4, 0.5) is 0 Å². The summed E-state index contributed by atoms with van der Waals surface area (Å²) in [6.07, 6.45) is 0. The van der Waals surface area contributed by atoms with Crippen LogP contribution < -0.4 is 56.8 Å². The van der Waals surface area contributed by atoms with Crippen LogP contribution in [-0.4, -0.2) is 71.1 Å².